The molecule has 31 heavy (non-hydrogen) atoms. The summed E-state index contributed by atoms with van der Waals surface area (Å²) in [5.41, 5.74) is 0.750. The summed E-state index contributed by atoms with van der Waals surface area (Å²) in [4.78, 5) is 32.3. The zero-order chi connectivity index (χ0) is 22.0. The molecule has 1 saturated carbocycles. The van der Waals surface area contributed by atoms with E-state index in [4.69, 9.17) is 21.3 Å². The van der Waals surface area contributed by atoms with Gasteiger partial charge in [0.1, 0.15) is 11.9 Å². The van der Waals surface area contributed by atoms with Crippen molar-refractivity contribution in [3.63, 3.8) is 0 Å². The number of hydrogen-bond acceptors (Lipinski definition) is 5. The molecule has 9 heteroatoms. The number of fused-ring (bicyclic) bond motifs is 1. The van der Waals surface area contributed by atoms with Gasteiger partial charge in [-0.3, -0.25) is 14.6 Å². The molecular formula is C22H32BrClN4O3. The summed E-state index contributed by atoms with van der Waals surface area (Å²) in [6.07, 6.45) is 8.79. The first-order chi connectivity index (χ1) is 15.0. The van der Waals surface area contributed by atoms with Crippen LogP contribution in [-0.2, 0) is 14.3 Å². The van der Waals surface area contributed by atoms with E-state index in [1.54, 1.807) is 7.11 Å². The normalized spacial score (nSPS) is 34.4. The predicted octanol–water partition coefficient (Wildman–Crippen LogP) is 2.51. The standard InChI is InChI=1S/C22H32BrClN4O3/c1-31-12-18(21-25-16-7-6-14(24)11-17(16)26-21)27-22(30)13-5-8-19(15(23)10-13)28-9-3-2-4-20(28)29/h5,14-19H,2-4,6-12H2,1H3,(H,25,26)(H,27,30). The monoisotopic (exact) mass is 514 g/mol. The lowest BCUT2D eigenvalue weighted by Gasteiger charge is -2.39. The van der Waals surface area contributed by atoms with Crippen molar-refractivity contribution in [3.05, 3.63) is 11.6 Å². The van der Waals surface area contributed by atoms with E-state index in [0.717, 1.165) is 50.1 Å². The molecule has 172 valence electrons. The summed E-state index contributed by atoms with van der Waals surface area (Å²) in [6.45, 7) is 1.17. The summed E-state index contributed by atoms with van der Waals surface area (Å²) in [6, 6.07) is 0.274. The predicted molar refractivity (Wildman–Crippen MR) is 125 cm³/mol. The second-order valence-corrected chi connectivity index (χ2v) is 10.8. The maximum atomic E-state index is 13.1. The minimum absolute atomic E-state index is 0.0756. The molecule has 6 atom stereocenters. The van der Waals surface area contributed by atoms with Crippen LogP contribution in [0.5, 0.6) is 0 Å². The van der Waals surface area contributed by atoms with Gasteiger partial charge in [-0.25, -0.2) is 0 Å². The van der Waals surface area contributed by atoms with Crippen LogP contribution in [0.3, 0.4) is 0 Å². The van der Waals surface area contributed by atoms with Gasteiger partial charge in [-0.1, -0.05) is 22.0 Å². The summed E-state index contributed by atoms with van der Waals surface area (Å²) in [7, 11) is 1.63. The number of methoxy groups -OCH3 is 1. The average Bonchev–Trinajstić information content (AvgIpc) is 3.17. The molecule has 0 aromatic heterocycles. The molecule has 4 aliphatic rings. The first-order valence-corrected chi connectivity index (χ1v) is 12.7. The van der Waals surface area contributed by atoms with Gasteiger partial charge >= 0.3 is 0 Å². The second kappa shape index (κ2) is 10.2. The smallest absolute Gasteiger partial charge is 0.247 e. The van der Waals surface area contributed by atoms with Crippen molar-refractivity contribution in [2.24, 2.45) is 4.99 Å². The molecule has 0 aromatic rings. The highest BCUT2D eigenvalue weighted by molar-refractivity contribution is 9.09. The number of hydrogen-bond donors (Lipinski definition) is 2. The molecule has 2 N–H and O–H groups in total. The summed E-state index contributed by atoms with van der Waals surface area (Å²) in [5, 5.41) is 6.78. The van der Waals surface area contributed by atoms with Crippen molar-refractivity contribution in [1.29, 1.82) is 0 Å². The third-order valence-corrected chi connectivity index (χ3v) is 8.18. The van der Waals surface area contributed by atoms with E-state index in [-0.39, 0.29) is 40.1 Å². The Balaban J connectivity index is 1.39. The van der Waals surface area contributed by atoms with Crippen LogP contribution in [0.4, 0.5) is 0 Å². The van der Waals surface area contributed by atoms with Crippen LogP contribution < -0.4 is 10.6 Å². The third kappa shape index (κ3) is 5.28. The quantitative estimate of drug-likeness (QED) is 0.533. The second-order valence-electron chi connectivity index (χ2n) is 9.02. The largest absolute Gasteiger partial charge is 0.382 e. The topological polar surface area (TPSA) is 83.0 Å². The maximum absolute atomic E-state index is 13.1. The Morgan fingerprint density at radius 2 is 2.29 bits per heavy atom. The maximum Gasteiger partial charge on any atom is 0.247 e. The summed E-state index contributed by atoms with van der Waals surface area (Å²) in [5.74, 6) is 0.928. The fourth-order valence-electron chi connectivity index (χ4n) is 5.14. The lowest BCUT2D eigenvalue weighted by atomic mass is 9.91. The number of halogens is 2. The minimum atomic E-state index is -0.312. The molecule has 0 radical (unpaired) electrons. The van der Waals surface area contributed by atoms with E-state index in [1.807, 2.05) is 11.0 Å². The van der Waals surface area contributed by atoms with Gasteiger partial charge in [0.2, 0.25) is 11.8 Å². The number of rotatable bonds is 6. The summed E-state index contributed by atoms with van der Waals surface area (Å²) < 4.78 is 5.37. The zero-order valence-electron chi connectivity index (χ0n) is 18.0. The Hall–Kier alpha value is -1.12. The average molecular weight is 516 g/mol. The van der Waals surface area contributed by atoms with Gasteiger partial charge in [-0.15, -0.1) is 11.6 Å². The lowest BCUT2D eigenvalue weighted by Crippen LogP contribution is -2.52. The molecule has 2 fully saturated rings. The first kappa shape index (κ1) is 23.1. The number of amides is 2. The van der Waals surface area contributed by atoms with Crippen LogP contribution in [0.15, 0.2) is 16.6 Å². The van der Waals surface area contributed by atoms with Crippen LogP contribution in [0, 0.1) is 0 Å². The number of carbonyl (C=O) groups is 2. The van der Waals surface area contributed by atoms with E-state index in [2.05, 4.69) is 26.6 Å². The number of alkyl halides is 2. The molecule has 7 nitrogen and oxygen atoms in total. The first-order valence-electron chi connectivity index (χ1n) is 11.4. The molecular weight excluding hydrogens is 484 g/mol. The molecule has 0 spiro atoms. The molecule has 1 saturated heterocycles. The number of amidine groups is 1. The molecule has 2 heterocycles. The summed E-state index contributed by atoms with van der Waals surface area (Å²) >= 11 is 10.1. The third-order valence-electron chi connectivity index (χ3n) is 6.85. The van der Waals surface area contributed by atoms with Crippen molar-refractivity contribution in [2.75, 3.05) is 20.3 Å². The Kier molecular flexibility index (Phi) is 7.60. The Bertz CT molecular complexity index is 761. The van der Waals surface area contributed by atoms with Gasteiger partial charge in [0, 0.05) is 47.9 Å². The van der Waals surface area contributed by atoms with Crippen LogP contribution >= 0.6 is 27.5 Å². The molecule has 6 unspecified atom stereocenters. The lowest BCUT2D eigenvalue weighted by molar-refractivity contribution is -0.135. The van der Waals surface area contributed by atoms with E-state index in [9.17, 15) is 9.59 Å². The molecule has 4 rings (SSSR count). The van der Waals surface area contributed by atoms with Gasteiger partial charge < -0.3 is 20.3 Å². The van der Waals surface area contributed by atoms with Gasteiger partial charge in [0.25, 0.3) is 0 Å². The van der Waals surface area contributed by atoms with Crippen molar-refractivity contribution >= 4 is 45.2 Å². The number of nitrogens with zero attached hydrogens (tertiary/aromatic N) is 2. The highest BCUT2D eigenvalue weighted by atomic mass is 79.9. The van der Waals surface area contributed by atoms with Crippen LogP contribution in [0.25, 0.3) is 0 Å². The van der Waals surface area contributed by atoms with E-state index >= 15 is 0 Å². The van der Waals surface area contributed by atoms with E-state index in [1.165, 1.54) is 0 Å². The SMILES string of the molecule is COCC(NC(=O)C1=CCC(N2CCCCC2=O)C(Br)C1)C1=NC2CC(Cl)CCC2N1. The van der Waals surface area contributed by atoms with Gasteiger partial charge in [0.15, 0.2) is 0 Å². The van der Waals surface area contributed by atoms with Crippen molar-refractivity contribution in [2.45, 2.75) is 85.7 Å². The number of carbonyl (C=O) groups excluding carboxylic acids is 2. The highest BCUT2D eigenvalue weighted by Gasteiger charge is 2.38. The Labute approximate surface area is 197 Å². The highest BCUT2D eigenvalue weighted by Crippen LogP contribution is 2.31. The van der Waals surface area contributed by atoms with Crippen molar-refractivity contribution < 1.29 is 14.3 Å². The number of likely N-dealkylation sites (tertiary alicyclic amines) is 1. The van der Waals surface area contributed by atoms with Crippen molar-refractivity contribution in [1.82, 2.24) is 15.5 Å². The Morgan fingerprint density at radius 1 is 1.45 bits per heavy atom. The Morgan fingerprint density at radius 3 is 3.03 bits per heavy atom. The molecule has 0 bridgehead atoms. The van der Waals surface area contributed by atoms with Crippen LogP contribution in [0.1, 0.15) is 51.4 Å². The zero-order valence-corrected chi connectivity index (χ0v) is 20.3. The minimum Gasteiger partial charge on any atom is -0.382 e. The molecule has 0 aromatic carbocycles. The van der Waals surface area contributed by atoms with Gasteiger partial charge in [0.05, 0.1) is 12.6 Å². The van der Waals surface area contributed by atoms with E-state index < -0.39 is 0 Å². The van der Waals surface area contributed by atoms with E-state index in [0.29, 0.717) is 31.9 Å². The fourth-order valence-corrected chi connectivity index (χ4v) is 6.29. The van der Waals surface area contributed by atoms with Gasteiger partial charge in [-0.05, 0) is 44.9 Å². The van der Waals surface area contributed by atoms with Crippen molar-refractivity contribution in [3.8, 4) is 0 Å². The number of piperidine rings is 1. The number of nitrogens with one attached hydrogen (secondary N) is 2. The number of aliphatic imine (C=N–C) groups is 1. The molecule has 2 aliphatic carbocycles. The van der Waals surface area contributed by atoms with Crippen LogP contribution in [0.2, 0.25) is 0 Å². The van der Waals surface area contributed by atoms with Gasteiger partial charge in [-0.2, -0.15) is 0 Å². The number of ether oxygens (including phenoxy) is 1. The fraction of sp³-hybridized carbons (Fsp3) is 0.773. The molecule has 2 aliphatic heterocycles. The van der Waals surface area contributed by atoms with Crippen LogP contribution in [-0.4, -0.2) is 77.2 Å². The molecule has 2 amide bonds.